The molecule has 3 unspecified atom stereocenters. The SMILES string of the molecule is CC1N(C(=O)OC(C)(C)C)CC2CC21N. The summed E-state index contributed by atoms with van der Waals surface area (Å²) in [5, 5.41) is 0. The Morgan fingerprint density at radius 3 is 2.53 bits per heavy atom. The van der Waals surface area contributed by atoms with Gasteiger partial charge in [0.05, 0.1) is 6.04 Å². The van der Waals surface area contributed by atoms with Gasteiger partial charge in [0, 0.05) is 12.1 Å². The lowest BCUT2D eigenvalue weighted by Gasteiger charge is -2.30. The van der Waals surface area contributed by atoms with Crippen molar-refractivity contribution in [1.29, 1.82) is 0 Å². The van der Waals surface area contributed by atoms with E-state index in [1.165, 1.54) is 0 Å². The normalized spacial score (nSPS) is 38.9. The average molecular weight is 212 g/mol. The molecule has 2 fully saturated rings. The summed E-state index contributed by atoms with van der Waals surface area (Å²) in [4.78, 5) is 13.6. The van der Waals surface area contributed by atoms with Crippen molar-refractivity contribution in [3.8, 4) is 0 Å². The van der Waals surface area contributed by atoms with E-state index in [-0.39, 0.29) is 17.7 Å². The van der Waals surface area contributed by atoms with E-state index in [4.69, 9.17) is 10.5 Å². The predicted octanol–water partition coefficient (Wildman–Crippen LogP) is 1.34. The third kappa shape index (κ3) is 1.71. The number of hydrogen-bond acceptors (Lipinski definition) is 3. The van der Waals surface area contributed by atoms with Crippen LogP contribution in [0, 0.1) is 5.92 Å². The van der Waals surface area contributed by atoms with Crippen LogP contribution in [0.4, 0.5) is 4.79 Å². The summed E-state index contributed by atoms with van der Waals surface area (Å²) in [6.07, 6.45) is 0.819. The Bertz CT molecular complexity index is 297. The molecule has 0 aromatic rings. The first kappa shape index (κ1) is 10.7. The number of ether oxygens (including phenoxy) is 1. The van der Waals surface area contributed by atoms with Gasteiger partial charge in [0.2, 0.25) is 0 Å². The van der Waals surface area contributed by atoms with Gasteiger partial charge in [0.25, 0.3) is 0 Å². The van der Waals surface area contributed by atoms with Crippen molar-refractivity contribution in [2.45, 2.75) is 51.3 Å². The van der Waals surface area contributed by atoms with Gasteiger partial charge in [-0.2, -0.15) is 0 Å². The highest BCUT2D eigenvalue weighted by Gasteiger charge is 2.63. The molecule has 1 aliphatic heterocycles. The van der Waals surface area contributed by atoms with Crippen LogP contribution in [0.1, 0.15) is 34.1 Å². The summed E-state index contributed by atoms with van der Waals surface area (Å²) >= 11 is 0. The second-order valence-corrected chi connectivity index (χ2v) is 5.82. The lowest BCUT2D eigenvalue weighted by atomic mass is 10.1. The van der Waals surface area contributed by atoms with Crippen LogP contribution in [-0.4, -0.2) is 34.7 Å². The summed E-state index contributed by atoms with van der Waals surface area (Å²) in [6.45, 7) is 8.41. The van der Waals surface area contributed by atoms with Gasteiger partial charge < -0.3 is 15.4 Å². The predicted molar refractivity (Wildman–Crippen MR) is 57.4 cm³/mol. The van der Waals surface area contributed by atoms with Crippen LogP contribution in [-0.2, 0) is 4.74 Å². The molecule has 0 aromatic heterocycles. The molecule has 4 nitrogen and oxygen atoms in total. The molecule has 1 amide bonds. The zero-order valence-electron chi connectivity index (χ0n) is 9.91. The quantitative estimate of drug-likeness (QED) is 0.659. The molecule has 0 spiro atoms. The molecule has 0 aromatic carbocycles. The standard InChI is InChI=1S/C11H20N2O2/c1-7-11(12)5-8(11)6-13(7)9(14)15-10(2,3)4/h7-8H,5-6,12H2,1-4H3. The Kier molecular flexibility index (Phi) is 2.06. The lowest BCUT2D eigenvalue weighted by Crippen LogP contribution is -2.47. The molecule has 0 radical (unpaired) electrons. The number of piperidine rings is 1. The number of amides is 1. The van der Waals surface area contributed by atoms with Crippen LogP contribution in [0.3, 0.4) is 0 Å². The van der Waals surface area contributed by atoms with Gasteiger partial charge in [-0.15, -0.1) is 0 Å². The van der Waals surface area contributed by atoms with Gasteiger partial charge in [-0.3, -0.25) is 0 Å². The maximum Gasteiger partial charge on any atom is 0.410 e. The minimum Gasteiger partial charge on any atom is -0.444 e. The molecule has 1 saturated heterocycles. The number of carbonyl (C=O) groups is 1. The van der Waals surface area contributed by atoms with Gasteiger partial charge in [-0.1, -0.05) is 0 Å². The third-order valence-corrected chi connectivity index (χ3v) is 3.49. The van der Waals surface area contributed by atoms with E-state index in [1.807, 2.05) is 27.7 Å². The molecule has 15 heavy (non-hydrogen) atoms. The number of rotatable bonds is 0. The largest absolute Gasteiger partial charge is 0.444 e. The number of likely N-dealkylation sites (tertiary alicyclic amines) is 1. The molecule has 2 aliphatic rings. The number of fused-ring (bicyclic) bond motifs is 1. The fourth-order valence-electron chi connectivity index (χ4n) is 2.35. The Labute approximate surface area is 90.8 Å². The van der Waals surface area contributed by atoms with Gasteiger partial charge in [0.15, 0.2) is 0 Å². The third-order valence-electron chi connectivity index (χ3n) is 3.49. The average Bonchev–Trinajstić information content (AvgIpc) is 2.63. The van der Waals surface area contributed by atoms with E-state index in [9.17, 15) is 4.79 Å². The molecule has 3 atom stereocenters. The monoisotopic (exact) mass is 212 g/mol. The van der Waals surface area contributed by atoms with E-state index in [2.05, 4.69) is 0 Å². The summed E-state index contributed by atoms with van der Waals surface area (Å²) < 4.78 is 5.34. The molecule has 4 heteroatoms. The highest BCUT2D eigenvalue weighted by Crippen LogP contribution is 2.51. The van der Waals surface area contributed by atoms with Crippen molar-refractivity contribution < 1.29 is 9.53 Å². The van der Waals surface area contributed by atoms with E-state index >= 15 is 0 Å². The summed E-state index contributed by atoms with van der Waals surface area (Å²) in [6, 6.07) is 0.109. The summed E-state index contributed by atoms with van der Waals surface area (Å²) in [5.41, 5.74) is 5.58. The zero-order valence-corrected chi connectivity index (χ0v) is 9.91. The molecule has 2 N–H and O–H groups in total. The Hall–Kier alpha value is -0.770. The smallest absolute Gasteiger partial charge is 0.410 e. The fraction of sp³-hybridized carbons (Fsp3) is 0.909. The number of carbonyl (C=O) groups excluding carboxylic acids is 1. The molecule has 1 saturated carbocycles. The first-order valence-electron chi connectivity index (χ1n) is 5.52. The topological polar surface area (TPSA) is 55.6 Å². The van der Waals surface area contributed by atoms with E-state index in [0.717, 1.165) is 13.0 Å². The van der Waals surface area contributed by atoms with Gasteiger partial charge in [-0.05, 0) is 40.0 Å². The number of nitrogens with two attached hydrogens (primary N) is 1. The van der Waals surface area contributed by atoms with E-state index < -0.39 is 5.60 Å². The van der Waals surface area contributed by atoms with Gasteiger partial charge in [0.1, 0.15) is 5.60 Å². The Balaban J connectivity index is 1.99. The number of nitrogens with zero attached hydrogens (tertiary/aromatic N) is 1. The maximum absolute atomic E-state index is 11.8. The zero-order chi connectivity index (χ0) is 11.4. The van der Waals surface area contributed by atoms with E-state index in [0.29, 0.717) is 5.92 Å². The highest BCUT2D eigenvalue weighted by molar-refractivity contribution is 5.70. The molecular formula is C11H20N2O2. The maximum atomic E-state index is 11.8. The minimum atomic E-state index is -0.425. The summed E-state index contributed by atoms with van der Waals surface area (Å²) in [7, 11) is 0. The molecule has 86 valence electrons. The first-order valence-corrected chi connectivity index (χ1v) is 5.52. The van der Waals surface area contributed by atoms with Crippen molar-refractivity contribution in [1.82, 2.24) is 4.90 Å². The molecule has 2 rings (SSSR count). The Morgan fingerprint density at radius 1 is 1.53 bits per heavy atom. The fourth-order valence-corrected chi connectivity index (χ4v) is 2.35. The minimum absolute atomic E-state index is 0.109. The highest BCUT2D eigenvalue weighted by atomic mass is 16.6. The van der Waals surface area contributed by atoms with Gasteiger partial charge in [-0.25, -0.2) is 4.79 Å². The Morgan fingerprint density at radius 2 is 2.13 bits per heavy atom. The second kappa shape index (κ2) is 2.88. The van der Waals surface area contributed by atoms with Crippen LogP contribution in [0.25, 0.3) is 0 Å². The van der Waals surface area contributed by atoms with Crippen molar-refractivity contribution in [3.63, 3.8) is 0 Å². The van der Waals surface area contributed by atoms with Crippen molar-refractivity contribution in [2.75, 3.05) is 6.54 Å². The van der Waals surface area contributed by atoms with Crippen molar-refractivity contribution in [2.24, 2.45) is 11.7 Å². The van der Waals surface area contributed by atoms with Gasteiger partial charge >= 0.3 is 6.09 Å². The summed E-state index contributed by atoms with van der Waals surface area (Å²) in [5.74, 6) is 0.486. The molecule has 1 heterocycles. The van der Waals surface area contributed by atoms with Crippen LogP contribution >= 0.6 is 0 Å². The van der Waals surface area contributed by atoms with Crippen molar-refractivity contribution >= 4 is 6.09 Å². The van der Waals surface area contributed by atoms with E-state index in [1.54, 1.807) is 4.90 Å². The molecular weight excluding hydrogens is 192 g/mol. The van der Waals surface area contributed by atoms with Crippen LogP contribution in [0.5, 0.6) is 0 Å². The first-order chi connectivity index (χ1) is 6.74. The van der Waals surface area contributed by atoms with Crippen LogP contribution in [0.15, 0.2) is 0 Å². The van der Waals surface area contributed by atoms with Crippen LogP contribution < -0.4 is 5.73 Å². The van der Waals surface area contributed by atoms with Crippen LogP contribution in [0.2, 0.25) is 0 Å². The van der Waals surface area contributed by atoms with Crippen molar-refractivity contribution in [3.05, 3.63) is 0 Å². The number of hydrogen-bond donors (Lipinski definition) is 1. The molecule has 1 aliphatic carbocycles. The second-order valence-electron chi connectivity index (χ2n) is 5.82. The molecule has 0 bridgehead atoms. The lowest BCUT2D eigenvalue weighted by molar-refractivity contribution is 0.0201.